The summed E-state index contributed by atoms with van der Waals surface area (Å²) in [5.41, 5.74) is 2.73. The number of nitrogens with one attached hydrogen (secondary N) is 3. The van der Waals surface area contributed by atoms with Gasteiger partial charge in [0, 0.05) is 56.4 Å². The second-order valence-electron chi connectivity index (χ2n) is 6.90. The SMILES string of the molecule is CC(C)CN1CCC(NC(=O)c2n[nH]c3c2CNCC3)CC1. The number of rotatable bonds is 4. The highest BCUT2D eigenvalue weighted by Crippen LogP contribution is 2.17. The first-order valence-corrected chi connectivity index (χ1v) is 8.43. The van der Waals surface area contributed by atoms with Crippen LogP contribution >= 0.6 is 0 Å². The Morgan fingerprint density at radius 3 is 2.91 bits per heavy atom. The van der Waals surface area contributed by atoms with Gasteiger partial charge >= 0.3 is 0 Å². The van der Waals surface area contributed by atoms with Gasteiger partial charge in [0.2, 0.25) is 0 Å². The minimum atomic E-state index is -0.0245. The number of aromatic nitrogens is 2. The van der Waals surface area contributed by atoms with Crippen molar-refractivity contribution < 1.29 is 4.79 Å². The van der Waals surface area contributed by atoms with Gasteiger partial charge in [-0.25, -0.2) is 0 Å². The number of carbonyl (C=O) groups excluding carboxylic acids is 1. The molecular weight excluding hydrogens is 278 g/mol. The second-order valence-corrected chi connectivity index (χ2v) is 6.90. The summed E-state index contributed by atoms with van der Waals surface area (Å²) in [4.78, 5) is 15.0. The van der Waals surface area contributed by atoms with Gasteiger partial charge in [-0.15, -0.1) is 0 Å². The van der Waals surface area contributed by atoms with E-state index in [1.165, 1.54) is 0 Å². The maximum Gasteiger partial charge on any atom is 0.272 e. The van der Waals surface area contributed by atoms with Gasteiger partial charge in [0.05, 0.1) is 0 Å². The fourth-order valence-corrected chi connectivity index (χ4v) is 3.44. The van der Waals surface area contributed by atoms with Crippen molar-refractivity contribution in [1.82, 2.24) is 25.7 Å². The van der Waals surface area contributed by atoms with Crippen LogP contribution in [0.4, 0.5) is 0 Å². The van der Waals surface area contributed by atoms with Crippen LogP contribution in [0.1, 0.15) is 48.4 Å². The number of hydrogen-bond acceptors (Lipinski definition) is 4. The minimum Gasteiger partial charge on any atom is -0.348 e. The number of hydrogen-bond donors (Lipinski definition) is 3. The Bertz CT molecular complexity index is 517. The molecule has 0 aliphatic carbocycles. The summed E-state index contributed by atoms with van der Waals surface area (Å²) in [5, 5.41) is 13.7. The summed E-state index contributed by atoms with van der Waals surface area (Å²) in [6.45, 7) is 9.49. The number of fused-ring (bicyclic) bond motifs is 1. The molecule has 1 amide bonds. The normalized spacial score (nSPS) is 20.1. The molecule has 2 aliphatic rings. The molecule has 3 rings (SSSR count). The highest BCUT2D eigenvalue weighted by molar-refractivity contribution is 5.94. The van der Waals surface area contributed by atoms with E-state index in [1.54, 1.807) is 0 Å². The van der Waals surface area contributed by atoms with Gasteiger partial charge < -0.3 is 15.5 Å². The third-order valence-electron chi connectivity index (χ3n) is 4.57. The van der Waals surface area contributed by atoms with E-state index >= 15 is 0 Å². The molecule has 0 spiro atoms. The van der Waals surface area contributed by atoms with Gasteiger partial charge in [0.15, 0.2) is 5.69 Å². The number of likely N-dealkylation sites (tertiary alicyclic amines) is 1. The van der Waals surface area contributed by atoms with Gasteiger partial charge in [-0.3, -0.25) is 9.89 Å². The molecule has 1 saturated heterocycles. The molecular formula is C16H27N5O. The number of aromatic amines is 1. The number of piperidine rings is 1. The first kappa shape index (κ1) is 15.5. The molecule has 22 heavy (non-hydrogen) atoms. The lowest BCUT2D eigenvalue weighted by Crippen LogP contribution is -2.45. The third kappa shape index (κ3) is 3.50. The first-order chi connectivity index (χ1) is 10.6. The molecule has 0 aromatic carbocycles. The van der Waals surface area contributed by atoms with Crippen molar-refractivity contribution >= 4 is 5.91 Å². The standard InChI is InChI=1S/C16H27N5O/c1-11(2)10-21-7-4-12(5-8-21)18-16(22)15-13-9-17-6-3-14(13)19-20-15/h11-12,17H,3-10H2,1-2H3,(H,18,22)(H,19,20). The van der Waals surface area contributed by atoms with Crippen LogP contribution in [0.25, 0.3) is 0 Å². The molecule has 0 saturated carbocycles. The molecule has 6 nitrogen and oxygen atoms in total. The Morgan fingerprint density at radius 1 is 1.41 bits per heavy atom. The predicted molar refractivity (Wildman–Crippen MR) is 85.8 cm³/mol. The second kappa shape index (κ2) is 6.79. The highest BCUT2D eigenvalue weighted by atomic mass is 16.2. The van der Waals surface area contributed by atoms with E-state index in [9.17, 15) is 4.79 Å². The van der Waals surface area contributed by atoms with Crippen molar-refractivity contribution in [2.45, 2.75) is 45.7 Å². The van der Waals surface area contributed by atoms with Gasteiger partial charge in [0.25, 0.3) is 5.91 Å². The van der Waals surface area contributed by atoms with Crippen molar-refractivity contribution in [3.63, 3.8) is 0 Å². The van der Waals surface area contributed by atoms with Gasteiger partial charge in [0.1, 0.15) is 0 Å². The van der Waals surface area contributed by atoms with Crippen molar-refractivity contribution in [3.05, 3.63) is 17.0 Å². The number of carbonyl (C=O) groups is 1. The Morgan fingerprint density at radius 2 is 2.18 bits per heavy atom. The summed E-state index contributed by atoms with van der Waals surface area (Å²) in [6.07, 6.45) is 2.98. The van der Waals surface area contributed by atoms with Crippen LogP contribution in [-0.4, -0.2) is 53.2 Å². The fraction of sp³-hybridized carbons (Fsp3) is 0.750. The lowest BCUT2D eigenvalue weighted by Gasteiger charge is -2.33. The summed E-state index contributed by atoms with van der Waals surface area (Å²) in [6, 6.07) is 0.278. The highest BCUT2D eigenvalue weighted by Gasteiger charge is 2.25. The minimum absolute atomic E-state index is 0.0245. The first-order valence-electron chi connectivity index (χ1n) is 8.43. The zero-order chi connectivity index (χ0) is 15.5. The molecule has 0 radical (unpaired) electrons. The predicted octanol–water partition coefficient (Wildman–Crippen LogP) is 0.906. The zero-order valence-corrected chi connectivity index (χ0v) is 13.6. The maximum absolute atomic E-state index is 12.5. The van der Waals surface area contributed by atoms with E-state index in [1.807, 2.05) is 0 Å². The van der Waals surface area contributed by atoms with Crippen LogP contribution in [0.3, 0.4) is 0 Å². The molecule has 3 heterocycles. The van der Waals surface area contributed by atoms with E-state index in [2.05, 4.69) is 39.6 Å². The molecule has 122 valence electrons. The molecule has 1 fully saturated rings. The zero-order valence-electron chi connectivity index (χ0n) is 13.6. The molecule has 1 aromatic rings. The molecule has 2 aliphatic heterocycles. The van der Waals surface area contributed by atoms with Crippen LogP contribution in [0, 0.1) is 5.92 Å². The Hall–Kier alpha value is -1.40. The molecule has 0 bridgehead atoms. The molecule has 1 aromatic heterocycles. The smallest absolute Gasteiger partial charge is 0.272 e. The summed E-state index contributed by atoms with van der Waals surface area (Å²) in [7, 11) is 0. The van der Waals surface area contributed by atoms with Crippen LogP contribution < -0.4 is 10.6 Å². The largest absolute Gasteiger partial charge is 0.348 e. The van der Waals surface area contributed by atoms with Crippen molar-refractivity contribution in [2.75, 3.05) is 26.2 Å². The Balaban J connectivity index is 1.54. The van der Waals surface area contributed by atoms with Gasteiger partial charge in [-0.05, 0) is 18.8 Å². The number of H-pyrrole nitrogens is 1. The number of nitrogens with zero attached hydrogens (tertiary/aromatic N) is 2. The summed E-state index contributed by atoms with van der Waals surface area (Å²) in [5.74, 6) is 0.678. The van der Waals surface area contributed by atoms with Crippen molar-refractivity contribution in [2.24, 2.45) is 5.92 Å². The number of amides is 1. The monoisotopic (exact) mass is 305 g/mol. The fourth-order valence-electron chi connectivity index (χ4n) is 3.44. The van der Waals surface area contributed by atoms with E-state index < -0.39 is 0 Å². The van der Waals surface area contributed by atoms with Crippen LogP contribution in [0.5, 0.6) is 0 Å². The topological polar surface area (TPSA) is 73.0 Å². The van der Waals surface area contributed by atoms with Gasteiger partial charge in [-0.1, -0.05) is 13.8 Å². The average molecular weight is 305 g/mol. The third-order valence-corrected chi connectivity index (χ3v) is 4.57. The summed E-state index contributed by atoms with van der Waals surface area (Å²) >= 11 is 0. The Labute approximate surface area is 132 Å². The van der Waals surface area contributed by atoms with Crippen LogP contribution in [0.2, 0.25) is 0 Å². The van der Waals surface area contributed by atoms with E-state index in [4.69, 9.17) is 0 Å². The van der Waals surface area contributed by atoms with E-state index in [0.29, 0.717) is 11.6 Å². The lowest BCUT2D eigenvalue weighted by molar-refractivity contribution is 0.0901. The molecule has 0 atom stereocenters. The molecule has 3 N–H and O–H groups in total. The Kier molecular flexibility index (Phi) is 4.78. The van der Waals surface area contributed by atoms with E-state index in [-0.39, 0.29) is 11.9 Å². The van der Waals surface area contributed by atoms with Gasteiger partial charge in [-0.2, -0.15) is 5.10 Å². The molecule has 0 unspecified atom stereocenters. The summed E-state index contributed by atoms with van der Waals surface area (Å²) < 4.78 is 0. The van der Waals surface area contributed by atoms with Crippen molar-refractivity contribution in [3.8, 4) is 0 Å². The lowest BCUT2D eigenvalue weighted by atomic mass is 10.0. The van der Waals surface area contributed by atoms with Crippen LogP contribution in [0.15, 0.2) is 0 Å². The van der Waals surface area contributed by atoms with Crippen molar-refractivity contribution in [1.29, 1.82) is 0 Å². The van der Waals surface area contributed by atoms with E-state index in [0.717, 1.165) is 63.2 Å². The average Bonchev–Trinajstić information content (AvgIpc) is 2.93. The maximum atomic E-state index is 12.5. The molecule has 6 heteroatoms. The quantitative estimate of drug-likeness (QED) is 0.773. The van der Waals surface area contributed by atoms with Crippen LogP contribution in [-0.2, 0) is 13.0 Å².